The van der Waals surface area contributed by atoms with Crippen LogP contribution in [-0.4, -0.2) is 25.8 Å². The summed E-state index contributed by atoms with van der Waals surface area (Å²) in [5, 5.41) is 0.896. The Morgan fingerprint density at radius 2 is 2.06 bits per heavy atom. The van der Waals surface area contributed by atoms with E-state index in [-0.39, 0.29) is 0 Å². The van der Waals surface area contributed by atoms with Gasteiger partial charge in [0.25, 0.3) is 0 Å². The minimum absolute atomic E-state index is 0.453. The fraction of sp³-hybridized carbons (Fsp3) is 0.571. The summed E-state index contributed by atoms with van der Waals surface area (Å²) >= 11 is 7.11. The summed E-state index contributed by atoms with van der Waals surface area (Å²) in [7, 11) is 0. The Morgan fingerprint density at radius 3 is 2.67 bits per heavy atom. The number of hydrogen-bond donors (Lipinski definition) is 0. The molecule has 1 fully saturated rings. The highest BCUT2D eigenvalue weighted by Crippen LogP contribution is 2.29. The van der Waals surface area contributed by atoms with E-state index in [1.165, 1.54) is 11.3 Å². The van der Waals surface area contributed by atoms with Gasteiger partial charge in [-0.2, -0.15) is 0 Å². The van der Waals surface area contributed by atoms with Crippen LogP contribution in [0.15, 0.2) is 22.7 Å². The minimum atomic E-state index is 0.453. The molecule has 0 spiro atoms. The van der Waals surface area contributed by atoms with Gasteiger partial charge in [-0.25, -0.2) is 0 Å². The van der Waals surface area contributed by atoms with Gasteiger partial charge < -0.3 is 9.64 Å². The van der Waals surface area contributed by atoms with Gasteiger partial charge in [0, 0.05) is 35.2 Å². The molecule has 1 aromatic carbocycles. The summed E-state index contributed by atoms with van der Waals surface area (Å²) in [4.78, 5) is 2.47. The lowest BCUT2D eigenvalue weighted by molar-refractivity contribution is 0.0459. The maximum absolute atomic E-state index is 5.70. The lowest BCUT2D eigenvalue weighted by Gasteiger charge is -2.34. The van der Waals surface area contributed by atoms with Gasteiger partial charge in [0.05, 0.1) is 6.10 Å². The Morgan fingerprint density at radius 1 is 1.33 bits per heavy atom. The predicted molar refractivity (Wildman–Crippen MR) is 83.6 cm³/mol. The molecule has 1 aliphatic rings. The molecular weight excluding hydrogens is 358 g/mol. The van der Waals surface area contributed by atoms with Crippen LogP contribution >= 0.6 is 31.9 Å². The Labute approximate surface area is 126 Å². The zero-order chi connectivity index (χ0) is 13.0. The number of piperidine rings is 1. The molecule has 0 atom stereocenters. The molecule has 1 saturated heterocycles. The molecule has 1 aromatic rings. The molecule has 0 unspecified atom stereocenters. The van der Waals surface area contributed by atoms with Crippen molar-refractivity contribution in [3.63, 3.8) is 0 Å². The van der Waals surface area contributed by atoms with Crippen molar-refractivity contribution in [2.24, 2.45) is 0 Å². The summed E-state index contributed by atoms with van der Waals surface area (Å²) < 4.78 is 6.84. The van der Waals surface area contributed by atoms with Crippen LogP contribution in [-0.2, 0) is 10.1 Å². The first-order valence-electron chi connectivity index (χ1n) is 6.45. The third-order valence-electron chi connectivity index (χ3n) is 3.37. The SMILES string of the molecule is CCOC1CCN(c2ccc(Br)cc2CBr)CC1. The lowest BCUT2D eigenvalue weighted by atomic mass is 10.1. The number of nitrogens with zero attached hydrogens (tertiary/aromatic N) is 1. The van der Waals surface area contributed by atoms with E-state index in [9.17, 15) is 0 Å². The molecule has 4 heteroatoms. The smallest absolute Gasteiger partial charge is 0.0608 e. The Balaban J connectivity index is 2.05. The van der Waals surface area contributed by atoms with Crippen LogP contribution in [0, 0.1) is 0 Å². The molecule has 2 rings (SSSR count). The van der Waals surface area contributed by atoms with Gasteiger partial charge in [-0.3, -0.25) is 0 Å². The van der Waals surface area contributed by atoms with Crippen LogP contribution in [0.2, 0.25) is 0 Å². The zero-order valence-corrected chi connectivity index (χ0v) is 13.8. The first-order valence-corrected chi connectivity index (χ1v) is 8.37. The van der Waals surface area contributed by atoms with Crippen molar-refractivity contribution >= 4 is 37.5 Å². The molecular formula is C14H19Br2NO. The van der Waals surface area contributed by atoms with E-state index >= 15 is 0 Å². The molecule has 18 heavy (non-hydrogen) atoms. The summed E-state index contributed by atoms with van der Waals surface area (Å²) in [5.41, 5.74) is 2.70. The van der Waals surface area contributed by atoms with E-state index in [1.54, 1.807) is 0 Å². The van der Waals surface area contributed by atoms with Crippen molar-refractivity contribution in [2.75, 3.05) is 24.6 Å². The van der Waals surface area contributed by atoms with E-state index in [0.717, 1.165) is 42.3 Å². The van der Waals surface area contributed by atoms with E-state index in [4.69, 9.17) is 4.74 Å². The summed E-state index contributed by atoms with van der Waals surface area (Å²) in [5.74, 6) is 0. The van der Waals surface area contributed by atoms with E-state index in [2.05, 4.69) is 61.9 Å². The zero-order valence-electron chi connectivity index (χ0n) is 10.7. The van der Waals surface area contributed by atoms with Gasteiger partial charge in [0.1, 0.15) is 0 Å². The van der Waals surface area contributed by atoms with E-state index in [1.807, 2.05) is 0 Å². The average molecular weight is 377 g/mol. The standard InChI is InChI=1S/C14H19Br2NO/c1-2-18-13-5-7-17(8-6-13)14-4-3-12(16)9-11(14)10-15/h3-4,9,13H,2,5-8,10H2,1H3. The second kappa shape index (κ2) is 6.92. The number of benzene rings is 1. The van der Waals surface area contributed by atoms with Crippen molar-refractivity contribution in [1.29, 1.82) is 0 Å². The van der Waals surface area contributed by atoms with Crippen molar-refractivity contribution in [1.82, 2.24) is 0 Å². The quantitative estimate of drug-likeness (QED) is 0.724. The molecule has 0 radical (unpaired) electrons. The van der Waals surface area contributed by atoms with Gasteiger partial charge in [-0.05, 0) is 43.5 Å². The second-order valence-electron chi connectivity index (χ2n) is 4.55. The number of anilines is 1. The second-order valence-corrected chi connectivity index (χ2v) is 6.02. The van der Waals surface area contributed by atoms with Gasteiger partial charge >= 0.3 is 0 Å². The molecule has 1 heterocycles. The molecule has 1 aliphatic heterocycles. The normalized spacial score (nSPS) is 17.2. The van der Waals surface area contributed by atoms with Crippen molar-refractivity contribution in [3.8, 4) is 0 Å². The topological polar surface area (TPSA) is 12.5 Å². The summed E-state index contributed by atoms with van der Waals surface area (Å²) in [6, 6.07) is 6.52. The monoisotopic (exact) mass is 375 g/mol. The van der Waals surface area contributed by atoms with Crippen molar-refractivity contribution in [3.05, 3.63) is 28.2 Å². The van der Waals surface area contributed by atoms with Gasteiger partial charge in [0.15, 0.2) is 0 Å². The van der Waals surface area contributed by atoms with Gasteiger partial charge in [-0.15, -0.1) is 0 Å². The fourth-order valence-electron chi connectivity index (χ4n) is 2.47. The van der Waals surface area contributed by atoms with Crippen LogP contribution in [0.4, 0.5) is 5.69 Å². The molecule has 0 aliphatic carbocycles. The molecule has 0 bridgehead atoms. The van der Waals surface area contributed by atoms with Crippen molar-refractivity contribution < 1.29 is 4.74 Å². The first kappa shape index (κ1) is 14.4. The number of rotatable bonds is 4. The van der Waals surface area contributed by atoms with Crippen LogP contribution in [0.3, 0.4) is 0 Å². The average Bonchev–Trinajstić information content (AvgIpc) is 2.40. The van der Waals surface area contributed by atoms with E-state index < -0.39 is 0 Å². The predicted octanol–water partition coefficient (Wildman–Crippen LogP) is 4.35. The van der Waals surface area contributed by atoms with Crippen LogP contribution in [0.25, 0.3) is 0 Å². The van der Waals surface area contributed by atoms with E-state index in [0.29, 0.717) is 6.10 Å². The maximum atomic E-state index is 5.70. The third-order valence-corrected chi connectivity index (χ3v) is 4.47. The highest BCUT2D eigenvalue weighted by molar-refractivity contribution is 9.10. The number of ether oxygens (including phenoxy) is 1. The van der Waals surface area contributed by atoms with Crippen LogP contribution in [0.5, 0.6) is 0 Å². The van der Waals surface area contributed by atoms with Crippen LogP contribution < -0.4 is 4.90 Å². The largest absolute Gasteiger partial charge is 0.378 e. The highest BCUT2D eigenvalue weighted by Gasteiger charge is 2.20. The van der Waals surface area contributed by atoms with Gasteiger partial charge in [-0.1, -0.05) is 31.9 Å². The molecule has 0 aromatic heterocycles. The molecule has 100 valence electrons. The first-order chi connectivity index (χ1) is 8.74. The molecule has 2 nitrogen and oxygen atoms in total. The fourth-order valence-corrected chi connectivity index (χ4v) is 3.33. The maximum Gasteiger partial charge on any atom is 0.0608 e. The number of halogens is 2. The molecule has 0 N–H and O–H groups in total. The van der Waals surface area contributed by atoms with Crippen LogP contribution in [0.1, 0.15) is 25.3 Å². The van der Waals surface area contributed by atoms with Gasteiger partial charge in [0.2, 0.25) is 0 Å². The Hall–Kier alpha value is -0.0600. The third kappa shape index (κ3) is 3.49. The number of hydrogen-bond acceptors (Lipinski definition) is 2. The molecule has 0 saturated carbocycles. The Kier molecular flexibility index (Phi) is 5.52. The minimum Gasteiger partial charge on any atom is -0.378 e. The summed E-state index contributed by atoms with van der Waals surface area (Å²) in [6.07, 6.45) is 2.71. The lowest BCUT2D eigenvalue weighted by Crippen LogP contribution is -2.37. The van der Waals surface area contributed by atoms with Crippen molar-refractivity contribution in [2.45, 2.75) is 31.2 Å². The number of alkyl halides is 1. The Bertz CT molecular complexity index is 389. The molecule has 0 amide bonds. The highest BCUT2D eigenvalue weighted by atomic mass is 79.9. The summed E-state index contributed by atoms with van der Waals surface area (Å²) in [6.45, 7) is 5.08.